The Bertz CT molecular complexity index is 3070. The molecule has 0 bridgehead atoms. The lowest BCUT2D eigenvalue weighted by Crippen LogP contribution is -2.46. The Kier molecular flexibility index (Phi) is 16.9. The topological polar surface area (TPSA) is 220 Å². The maximum atomic E-state index is 13.8. The number of hydrogen-bond donors (Lipinski definition) is 5. The van der Waals surface area contributed by atoms with Gasteiger partial charge in [-0.25, -0.2) is 17.8 Å². The lowest BCUT2D eigenvalue weighted by Gasteiger charge is -2.37. The standard InChI is InChI=1S/C52H59ClN7O10PS2/c1-35(2)59-36(3)49(52(61)62)50(51(59)37-12-14-39(53)15-13-37)38-8-7-9-43(32-38)58-30-28-57(29-31-58)42-18-16-40(17-19-42)55-73(68,69)46-20-21-47(48(33-46)60(63)64)54-41(34-72-45-10-5-4-6-11-45)22-25-56-26-23-44(24-27-56)70-71(65,66)67/h4-21,32-33,35,41,44,54-55H,22-31,34H2,1-3H3,(H,61,62)(H2,65,66,67). The van der Waals surface area contributed by atoms with E-state index in [0.29, 0.717) is 92.8 Å². The monoisotopic (exact) mass is 1070 g/mol. The number of benzene rings is 5. The van der Waals surface area contributed by atoms with Crippen molar-refractivity contribution in [3.8, 4) is 22.4 Å². The summed E-state index contributed by atoms with van der Waals surface area (Å²) in [4.78, 5) is 50.6. The molecule has 73 heavy (non-hydrogen) atoms. The number of halogens is 1. The van der Waals surface area contributed by atoms with Crippen LogP contribution in [-0.4, -0.2) is 107 Å². The van der Waals surface area contributed by atoms with Crippen molar-refractivity contribution in [1.29, 1.82) is 0 Å². The molecule has 2 saturated heterocycles. The zero-order chi connectivity index (χ0) is 52.0. The van der Waals surface area contributed by atoms with Crippen LogP contribution in [0.3, 0.4) is 0 Å². The average Bonchev–Trinajstić information content (AvgIpc) is 3.68. The number of nitro groups is 1. The Morgan fingerprint density at radius 1 is 0.863 bits per heavy atom. The minimum Gasteiger partial charge on any atom is -0.478 e. The molecule has 2 aliphatic rings. The van der Waals surface area contributed by atoms with Crippen LogP contribution in [0.4, 0.5) is 28.4 Å². The van der Waals surface area contributed by atoms with Gasteiger partial charge in [0.05, 0.1) is 27.2 Å². The Morgan fingerprint density at radius 2 is 1.52 bits per heavy atom. The summed E-state index contributed by atoms with van der Waals surface area (Å²) in [6.07, 6.45) is 0.966. The molecule has 1 aromatic heterocycles. The van der Waals surface area contributed by atoms with Crippen LogP contribution in [0.5, 0.6) is 0 Å². The molecule has 3 heterocycles. The molecule has 6 aromatic rings. The molecule has 1 atom stereocenters. The van der Waals surface area contributed by atoms with Crippen molar-refractivity contribution in [1.82, 2.24) is 9.47 Å². The maximum absolute atomic E-state index is 13.8. The van der Waals surface area contributed by atoms with Gasteiger partial charge in [0.15, 0.2) is 0 Å². The van der Waals surface area contributed by atoms with Gasteiger partial charge in [-0.05, 0) is 124 Å². The van der Waals surface area contributed by atoms with E-state index in [9.17, 15) is 42.8 Å². The van der Waals surface area contributed by atoms with Gasteiger partial charge in [-0.3, -0.25) is 19.4 Å². The number of anilines is 4. The molecule has 2 fully saturated rings. The van der Waals surface area contributed by atoms with Gasteiger partial charge in [0.2, 0.25) is 0 Å². The number of hydrogen-bond acceptors (Lipinski definition) is 12. The maximum Gasteiger partial charge on any atom is 0.469 e. The second-order valence-electron chi connectivity index (χ2n) is 18.5. The Balaban J connectivity index is 0.916. The third-order valence-corrected chi connectivity index (χ3v) is 16.6. The van der Waals surface area contributed by atoms with Gasteiger partial charge < -0.3 is 39.5 Å². The van der Waals surface area contributed by atoms with Crippen molar-refractivity contribution in [2.24, 2.45) is 0 Å². The van der Waals surface area contributed by atoms with E-state index >= 15 is 0 Å². The third-order valence-electron chi connectivity index (χ3n) is 13.2. The van der Waals surface area contributed by atoms with Crippen LogP contribution in [0.15, 0.2) is 131 Å². The SMILES string of the molecule is Cc1c(C(=O)O)c(-c2cccc(N3CCN(c4ccc(NS(=O)(=O)c5ccc(NC(CCN6CCC(OP(=O)(O)O)CC6)CSc6ccccc6)c([N+](=O)[O-])c5)cc4)CC3)c2)c(-c2ccc(Cl)cc2)n1C(C)C. The molecule has 0 spiro atoms. The van der Waals surface area contributed by atoms with Gasteiger partial charge in [-0.2, -0.15) is 0 Å². The summed E-state index contributed by atoms with van der Waals surface area (Å²) in [5.41, 5.74) is 6.01. The quantitative estimate of drug-likeness (QED) is 0.0208. The summed E-state index contributed by atoms with van der Waals surface area (Å²) < 4.78 is 48.4. The normalized spacial score (nSPS) is 15.4. The molecule has 21 heteroatoms. The molecular weight excluding hydrogens is 1010 g/mol. The van der Waals surface area contributed by atoms with Crippen molar-refractivity contribution in [2.75, 3.05) is 71.4 Å². The molecule has 17 nitrogen and oxygen atoms in total. The fourth-order valence-corrected chi connectivity index (χ4v) is 12.5. The van der Waals surface area contributed by atoms with Crippen LogP contribution in [0.2, 0.25) is 5.02 Å². The minimum atomic E-state index is -4.59. The van der Waals surface area contributed by atoms with E-state index in [-0.39, 0.29) is 33.9 Å². The first kappa shape index (κ1) is 53.4. The summed E-state index contributed by atoms with van der Waals surface area (Å²) in [5, 5.41) is 26.9. The predicted octanol–water partition coefficient (Wildman–Crippen LogP) is 10.6. The van der Waals surface area contributed by atoms with Crippen LogP contribution in [-0.2, 0) is 19.1 Å². The lowest BCUT2D eigenvalue weighted by molar-refractivity contribution is -0.384. The first-order chi connectivity index (χ1) is 34.8. The number of piperidine rings is 1. The number of carbonyl (C=O) groups is 1. The Labute approximate surface area is 434 Å². The number of rotatable bonds is 20. The average molecular weight is 1070 g/mol. The first-order valence-electron chi connectivity index (χ1n) is 24.0. The van der Waals surface area contributed by atoms with Crippen molar-refractivity contribution in [2.45, 2.75) is 68.0 Å². The van der Waals surface area contributed by atoms with Crippen molar-refractivity contribution < 1.29 is 42.1 Å². The van der Waals surface area contributed by atoms with Crippen LogP contribution in [0.25, 0.3) is 22.4 Å². The van der Waals surface area contributed by atoms with Crippen molar-refractivity contribution in [3.63, 3.8) is 0 Å². The Hall–Kier alpha value is -5.89. The number of carboxylic acids is 1. The van der Waals surface area contributed by atoms with Gasteiger partial charge in [-0.15, -0.1) is 11.8 Å². The molecule has 0 radical (unpaired) electrons. The predicted molar refractivity (Wildman–Crippen MR) is 289 cm³/mol. The number of nitrogens with one attached hydrogen (secondary N) is 2. The summed E-state index contributed by atoms with van der Waals surface area (Å²) in [6, 6.07) is 35.8. The third kappa shape index (κ3) is 13.3. The summed E-state index contributed by atoms with van der Waals surface area (Å²) in [6.45, 7) is 10.4. The molecule has 0 amide bonds. The van der Waals surface area contributed by atoms with E-state index in [4.69, 9.17) is 16.1 Å². The zero-order valence-corrected chi connectivity index (χ0v) is 43.9. The molecular formula is C52H59ClN7O10PS2. The van der Waals surface area contributed by atoms with Gasteiger partial charge in [0.1, 0.15) is 5.69 Å². The van der Waals surface area contributed by atoms with Crippen LogP contribution < -0.4 is 19.8 Å². The van der Waals surface area contributed by atoms with Crippen molar-refractivity contribution >= 4 is 75.6 Å². The number of sulfonamides is 1. The molecule has 386 valence electrons. The van der Waals surface area contributed by atoms with Gasteiger partial charge >= 0.3 is 13.8 Å². The number of phosphoric acid groups is 1. The second-order valence-corrected chi connectivity index (χ2v) is 22.9. The highest BCUT2D eigenvalue weighted by atomic mass is 35.5. The smallest absolute Gasteiger partial charge is 0.469 e. The van der Waals surface area contributed by atoms with E-state index in [1.807, 2.05) is 106 Å². The first-order valence-corrected chi connectivity index (χ1v) is 28.4. The second kappa shape index (κ2) is 23.1. The number of thioether (sulfide) groups is 1. The van der Waals surface area contributed by atoms with E-state index < -0.39 is 34.8 Å². The number of piperazine rings is 1. The number of aromatic carboxylic acids is 1. The molecule has 5 N–H and O–H groups in total. The van der Waals surface area contributed by atoms with E-state index in [0.717, 1.165) is 39.2 Å². The molecule has 2 aliphatic heterocycles. The van der Waals surface area contributed by atoms with Crippen LogP contribution in [0, 0.1) is 17.0 Å². The summed E-state index contributed by atoms with van der Waals surface area (Å²) >= 11 is 7.85. The lowest BCUT2D eigenvalue weighted by atomic mass is 9.96. The molecule has 0 aliphatic carbocycles. The van der Waals surface area contributed by atoms with Crippen LogP contribution in [0.1, 0.15) is 55.2 Å². The number of aromatic nitrogens is 1. The molecule has 8 rings (SSSR count). The van der Waals surface area contributed by atoms with Crippen LogP contribution >= 0.6 is 31.2 Å². The van der Waals surface area contributed by atoms with E-state index in [1.54, 1.807) is 23.9 Å². The highest BCUT2D eigenvalue weighted by Crippen LogP contribution is 2.43. The largest absolute Gasteiger partial charge is 0.478 e. The number of nitrogens with zero attached hydrogens (tertiary/aromatic N) is 5. The van der Waals surface area contributed by atoms with E-state index in [2.05, 4.69) is 35.4 Å². The molecule has 0 saturated carbocycles. The fraction of sp³-hybridized carbons (Fsp3) is 0.327. The highest BCUT2D eigenvalue weighted by molar-refractivity contribution is 7.99. The van der Waals surface area contributed by atoms with Gasteiger partial charge in [0, 0.05) is 108 Å². The number of phosphoric ester groups is 1. The molecule has 5 aromatic carbocycles. The highest BCUT2D eigenvalue weighted by Gasteiger charge is 2.31. The van der Waals surface area contributed by atoms with Crippen molar-refractivity contribution in [3.05, 3.63) is 148 Å². The zero-order valence-electron chi connectivity index (χ0n) is 40.6. The summed E-state index contributed by atoms with van der Waals surface area (Å²) in [5.74, 6) is -0.441. The molecule has 1 unspecified atom stereocenters. The van der Waals surface area contributed by atoms with Gasteiger partial charge in [-0.1, -0.05) is 54.1 Å². The van der Waals surface area contributed by atoms with Gasteiger partial charge in [0.25, 0.3) is 15.7 Å². The fourth-order valence-electron chi connectivity index (χ4n) is 9.68. The number of likely N-dealkylation sites (tertiary alicyclic amines) is 1. The van der Waals surface area contributed by atoms with E-state index in [1.165, 1.54) is 12.1 Å². The minimum absolute atomic E-state index is 0.00716. The Morgan fingerprint density at radius 3 is 2.14 bits per heavy atom. The number of nitro benzene ring substituents is 1. The number of carboxylic acid groups (broad SMARTS) is 1. The summed E-state index contributed by atoms with van der Waals surface area (Å²) in [7, 11) is -8.83.